The van der Waals surface area contributed by atoms with E-state index in [0.29, 0.717) is 32.9 Å². The molecule has 0 bridgehead atoms. The van der Waals surface area contributed by atoms with E-state index in [1.807, 2.05) is 60.7 Å². The van der Waals surface area contributed by atoms with Crippen molar-refractivity contribution in [3.05, 3.63) is 76.7 Å². The third kappa shape index (κ3) is 3.37. The van der Waals surface area contributed by atoms with Crippen molar-refractivity contribution >= 4 is 39.0 Å². The van der Waals surface area contributed by atoms with Crippen molar-refractivity contribution in [1.82, 2.24) is 10.3 Å². The zero-order valence-corrected chi connectivity index (χ0v) is 16.2. The Bertz CT molecular complexity index is 1240. The molecule has 142 valence electrons. The number of hydrogen-bond acceptors (Lipinski definition) is 6. The van der Waals surface area contributed by atoms with Crippen LogP contribution in [0.4, 0.5) is 11.5 Å². The summed E-state index contributed by atoms with van der Waals surface area (Å²) in [6.45, 7) is 0.387. The lowest BCUT2D eigenvalue weighted by Gasteiger charge is -2.09. The van der Waals surface area contributed by atoms with Crippen LogP contribution in [0.15, 0.2) is 60.7 Å². The number of fused-ring (bicyclic) bond motifs is 1. The lowest BCUT2D eigenvalue weighted by Crippen LogP contribution is -2.22. The third-order valence-electron chi connectivity index (χ3n) is 4.58. The Morgan fingerprint density at radius 3 is 2.38 bits per heavy atom. The molecule has 2 aromatic heterocycles. The fraction of sp³-hybridized carbons (Fsp3) is 0.0455. The van der Waals surface area contributed by atoms with Crippen LogP contribution < -0.4 is 16.8 Å². The summed E-state index contributed by atoms with van der Waals surface area (Å²) in [5, 5.41) is 13.1. The van der Waals surface area contributed by atoms with Crippen LogP contribution in [0.3, 0.4) is 0 Å². The number of nitrogens with one attached hydrogen (secondary N) is 1. The van der Waals surface area contributed by atoms with Gasteiger partial charge in [-0.3, -0.25) is 4.79 Å². The number of amides is 1. The summed E-state index contributed by atoms with van der Waals surface area (Å²) in [6, 6.07) is 21.1. The second kappa shape index (κ2) is 7.62. The van der Waals surface area contributed by atoms with E-state index in [1.54, 1.807) is 0 Å². The summed E-state index contributed by atoms with van der Waals surface area (Å²) in [5.41, 5.74) is 15.4. The SMILES string of the molecule is N#Cc1c(N)nc2sc(C(=O)NCc3ccccc3)c(N)c2c1-c1ccccc1. The number of benzene rings is 2. The van der Waals surface area contributed by atoms with Gasteiger partial charge in [0.1, 0.15) is 27.2 Å². The van der Waals surface area contributed by atoms with Crippen molar-refractivity contribution in [2.45, 2.75) is 6.54 Å². The lowest BCUT2D eigenvalue weighted by molar-refractivity contribution is 0.0956. The predicted molar refractivity (Wildman–Crippen MR) is 116 cm³/mol. The second-order valence-electron chi connectivity index (χ2n) is 6.42. The van der Waals surface area contributed by atoms with Crippen LogP contribution in [-0.2, 0) is 6.54 Å². The Balaban J connectivity index is 1.81. The summed E-state index contributed by atoms with van der Waals surface area (Å²) < 4.78 is 0. The Morgan fingerprint density at radius 1 is 1.07 bits per heavy atom. The molecule has 0 aliphatic rings. The average molecular weight is 399 g/mol. The van der Waals surface area contributed by atoms with Gasteiger partial charge in [0, 0.05) is 17.5 Å². The number of anilines is 2. The first kappa shape index (κ1) is 18.5. The summed E-state index contributed by atoms with van der Waals surface area (Å²) in [6.07, 6.45) is 0. The molecule has 4 rings (SSSR count). The van der Waals surface area contributed by atoms with E-state index in [2.05, 4.69) is 16.4 Å². The zero-order chi connectivity index (χ0) is 20.4. The summed E-state index contributed by atoms with van der Waals surface area (Å²) in [4.78, 5) is 18.0. The van der Waals surface area contributed by atoms with Gasteiger partial charge in [-0.15, -0.1) is 11.3 Å². The maximum Gasteiger partial charge on any atom is 0.263 e. The highest BCUT2D eigenvalue weighted by molar-refractivity contribution is 7.21. The molecule has 0 radical (unpaired) electrons. The predicted octanol–water partition coefficient (Wildman–Crippen LogP) is 3.93. The van der Waals surface area contributed by atoms with E-state index in [1.165, 1.54) is 11.3 Å². The second-order valence-corrected chi connectivity index (χ2v) is 7.42. The average Bonchev–Trinajstić information content (AvgIpc) is 3.08. The smallest absolute Gasteiger partial charge is 0.263 e. The first-order valence-corrected chi connectivity index (χ1v) is 9.71. The number of pyridine rings is 1. The van der Waals surface area contributed by atoms with E-state index in [9.17, 15) is 10.1 Å². The first-order valence-electron chi connectivity index (χ1n) is 8.89. The Hall–Kier alpha value is -3.89. The van der Waals surface area contributed by atoms with E-state index >= 15 is 0 Å². The number of rotatable bonds is 4. The van der Waals surface area contributed by atoms with Crippen LogP contribution in [-0.4, -0.2) is 10.9 Å². The van der Waals surface area contributed by atoms with Crippen LogP contribution in [0.25, 0.3) is 21.3 Å². The minimum absolute atomic E-state index is 0.122. The number of nitrogen functional groups attached to an aromatic ring is 2. The molecule has 29 heavy (non-hydrogen) atoms. The minimum Gasteiger partial charge on any atom is -0.397 e. The van der Waals surface area contributed by atoms with Crippen molar-refractivity contribution in [2.75, 3.05) is 11.5 Å². The van der Waals surface area contributed by atoms with Gasteiger partial charge in [0.05, 0.1) is 5.69 Å². The van der Waals surface area contributed by atoms with Gasteiger partial charge in [0.25, 0.3) is 5.91 Å². The molecule has 0 aliphatic carbocycles. The molecule has 2 aromatic carbocycles. The Morgan fingerprint density at radius 2 is 1.72 bits per heavy atom. The lowest BCUT2D eigenvalue weighted by atomic mass is 9.97. The molecule has 2 heterocycles. The maximum atomic E-state index is 12.8. The van der Waals surface area contributed by atoms with Crippen molar-refractivity contribution in [1.29, 1.82) is 5.26 Å². The molecule has 4 aromatic rings. The number of carbonyl (C=O) groups excluding carboxylic acids is 1. The highest BCUT2D eigenvalue weighted by Gasteiger charge is 2.24. The number of nitrogens with two attached hydrogens (primary N) is 2. The van der Waals surface area contributed by atoms with Crippen LogP contribution >= 0.6 is 11.3 Å². The van der Waals surface area contributed by atoms with Gasteiger partial charge in [-0.05, 0) is 11.1 Å². The molecule has 7 heteroatoms. The molecule has 1 amide bonds. The molecule has 0 fully saturated rings. The Kier molecular flexibility index (Phi) is 4.85. The number of hydrogen-bond donors (Lipinski definition) is 3. The highest BCUT2D eigenvalue weighted by Crippen LogP contribution is 2.42. The molecule has 0 atom stereocenters. The first-order chi connectivity index (χ1) is 14.1. The number of nitrogens with zero attached hydrogens (tertiary/aromatic N) is 2. The van der Waals surface area contributed by atoms with Crippen LogP contribution in [0.5, 0.6) is 0 Å². The Labute approximate surface area is 171 Å². The molecule has 0 aliphatic heterocycles. The number of aromatic nitrogens is 1. The van der Waals surface area contributed by atoms with E-state index in [4.69, 9.17) is 11.5 Å². The fourth-order valence-corrected chi connectivity index (χ4v) is 4.23. The molecule has 6 nitrogen and oxygen atoms in total. The van der Waals surface area contributed by atoms with Crippen molar-refractivity contribution in [2.24, 2.45) is 0 Å². The van der Waals surface area contributed by atoms with Crippen molar-refractivity contribution < 1.29 is 4.79 Å². The number of carbonyl (C=O) groups is 1. The summed E-state index contributed by atoms with van der Waals surface area (Å²) in [7, 11) is 0. The standard InChI is InChI=1S/C22H17N5OS/c23-11-15-16(14-9-5-2-6-10-14)17-18(24)19(29-22(17)27-20(15)25)21(28)26-12-13-7-3-1-4-8-13/h1-10H,12,24H2,(H2,25,27)(H,26,28). The van der Waals surface area contributed by atoms with Gasteiger partial charge < -0.3 is 16.8 Å². The monoisotopic (exact) mass is 399 g/mol. The highest BCUT2D eigenvalue weighted by atomic mass is 32.1. The minimum atomic E-state index is -0.287. The fourth-order valence-electron chi connectivity index (χ4n) is 3.20. The van der Waals surface area contributed by atoms with E-state index in [-0.39, 0.29) is 17.3 Å². The zero-order valence-electron chi connectivity index (χ0n) is 15.3. The molecular weight excluding hydrogens is 382 g/mol. The van der Waals surface area contributed by atoms with E-state index < -0.39 is 0 Å². The number of thiophene rings is 1. The molecule has 0 saturated carbocycles. The molecular formula is C22H17N5OS. The van der Waals surface area contributed by atoms with Gasteiger partial charge in [-0.1, -0.05) is 60.7 Å². The van der Waals surface area contributed by atoms with E-state index in [0.717, 1.165) is 11.1 Å². The van der Waals surface area contributed by atoms with Crippen molar-refractivity contribution in [3.63, 3.8) is 0 Å². The molecule has 0 unspecified atom stereocenters. The van der Waals surface area contributed by atoms with Crippen LogP contribution in [0, 0.1) is 11.3 Å². The molecule has 0 spiro atoms. The summed E-state index contributed by atoms with van der Waals surface area (Å²) in [5.74, 6) is -0.165. The van der Waals surface area contributed by atoms with Gasteiger partial charge in [-0.25, -0.2) is 4.98 Å². The largest absolute Gasteiger partial charge is 0.397 e. The topological polar surface area (TPSA) is 118 Å². The molecule has 0 saturated heterocycles. The van der Waals surface area contributed by atoms with Gasteiger partial charge >= 0.3 is 0 Å². The molecule has 5 N–H and O–H groups in total. The normalized spacial score (nSPS) is 10.6. The van der Waals surface area contributed by atoms with Crippen LogP contribution in [0.1, 0.15) is 20.8 Å². The van der Waals surface area contributed by atoms with Gasteiger partial charge in [-0.2, -0.15) is 5.26 Å². The summed E-state index contributed by atoms with van der Waals surface area (Å²) >= 11 is 1.17. The van der Waals surface area contributed by atoms with Crippen LogP contribution in [0.2, 0.25) is 0 Å². The van der Waals surface area contributed by atoms with Gasteiger partial charge in [0.2, 0.25) is 0 Å². The third-order valence-corrected chi connectivity index (χ3v) is 5.68. The van der Waals surface area contributed by atoms with Crippen molar-refractivity contribution in [3.8, 4) is 17.2 Å². The maximum absolute atomic E-state index is 12.8. The number of nitriles is 1. The quantitative estimate of drug-likeness (QED) is 0.480. The van der Waals surface area contributed by atoms with Gasteiger partial charge in [0.15, 0.2) is 0 Å².